The zero-order chi connectivity index (χ0) is 52.7. The average molecular weight is 1040 g/mol. The number of esters is 3. The van der Waals surface area contributed by atoms with Gasteiger partial charge in [0.15, 0.2) is 6.10 Å². The number of hydrogen-bond donors (Lipinski definition) is 2. The van der Waals surface area contributed by atoms with Crippen LogP contribution in [-0.2, 0) is 42.2 Å². The number of allylic oxidation sites excluding steroid dienone is 6. The van der Waals surface area contributed by atoms with E-state index < -0.39 is 57.8 Å². The first-order valence-electron chi connectivity index (χ1n) is 29.9. The first kappa shape index (κ1) is 69.7. The molecule has 0 saturated heterocycles. The van der Waals surface area contributed by atoms with E-state index in [1.54, 1.807) is 0 Å². The molecule has 11 nitrogen and oxygen atoms in total. The molecule has 72 heavy (non-hydrogen) atoms. The summed E-state index contributed by atoms with van der Waals surface area (Å²) in [5.74, 6) is -1.47. The van der Waals surface area contributed by atoms with Gasteiger partial charge in [-0.25, -0.2) is 4.57 Å². The van der Waals surface area contributed by atoms with Crippen molar-refractivity contribution < 1.29 is 52.2 Å². The summed E-state index contributed by atoms with van der Waals surface area (Å²) in [6, 6.07) is 0. The third kappa shape index (κ3) is 52.6. The summed E-state index contributed by atoms with van der Waals surface area (Å²) in [6.07, 6.45) is 56.6. The quantitative estimate of drug-likeness (QED) is 0.0197. The molecule has 0 aliphatic carbocycles. The molecule has 0 aromatic heterocycles. The molecule has 0 amide bonds. The predicted molar refractivity (Wildman–Crippen MR) is 298 cm³/mol. The third-order valence-corrected chi connectivity index (χ3v) is 14.0. The molecule has 0 fully saturated rings. The minimum Gasteiger partial charge on any atom is -0.462 e. The maximum absolute atomic E-state index is 12.9. The number of phosphoric acid groups is 1. The van der Waals surface area contributed by atoms with E-state index in [-0.39, 0.29) is 25.9 Å². The normalized spacial score (nSPS) is 13.6. The van der Waals surface area contributed by atoms with E-state index in [0.717, 1.165) is 103 Å². The number of unbranched alkanes of at least 4 members (excludes halogenated alkanes) is 33. The van der Waals surface area contributed by atoms with Crippen molar-refractivity contribution >= 4 is 25.7 Å². The fourth-order valence-corrected chi connectivity index (χ4v) is 9.23. The molecule has 0 radical (unpaired) electrons. The lowest BCUT2D eigenvalue weighted by Gasteiger charge is -2.21. The second-order valence-electron chi connectivity index (χ2n) is 20.2. The molecular formula is C60H111O11P. The Labute approximate surface area is 441 Å². The third-order valence-electron chi connectivity index (χ3n) is 13.0. The molecule has 3 atom stereocenters. The SMILES string of the molecule is CCCCC/C=C\C/C=C\CCCCCCCC(=O)OC(COC(=O)CCCCCCC/C=C\CCCCCCCC)COP(=O)(O)OCC(CO)OC(=O)CCCCCCCCCCCCCCCCC. The van der Waals surface area contributed by atoms with Gasteiger partial charge in [-0.1, -0.05) is 231 Å². The van der Waals surface area contributed by atoms with Crippen LogP contribution in [0.3, 0.4) is 0 Å². The van der Waals surface area contributed by atoms with Crippen LogP contribution in [0.4, 0.5) is 0 Å². The van der Waals surface area contributed by atoms with Gasteiger partial charge in [-0.2, -0.15) is 0 Å². The summed E-state index contributed by atoms with van der Waals surface area (Å²) >= 11 is 0. The molecule has 12 heteroatoms. The van der Waals surface area contributed by atoms with Gasteiger partial charge in [-0.05, 0) is 77.0 Å². The van der Waals surface area contributed by atoms with E-state index in [4.69, 9.17) is 23.3 Å². The molecule has 3 unspecified atom stereocenters. The Morgan fingerprint density at radius 1 is 0.389 bits per heavy atom. The highest BCUT2D eigenvalue weighted by molar-refractivity contribution is 7.47. The molecule has 2 N–H and O–H groups in total. The molecule has 0 bridgehead atoms. The Hall–Kier alpha value is -2.30. The lowest BCUT2D eigenvalue weighted by molar-refractivity contribution is -0.161. The molecular weight excluding hydrogens is 928 g/mol. The number of hydrogen-bond acceptors (Lipinski definition) is 10. The molecule has 0 heterocycles. The van der Waals surface area contributed by atoms with E-state index in [1.165, 1.54) is 128 Å². The van der Waals surface area contributed by atoms with Crippen molar-refractivity contribution in [3.63, 3.8) is 0 Å². The maximum Gasteiger partial charge on any atom is 0.472 e. The number of ether oxygens (including phenoxy) is 3. The molecule has 0 rings (SSSR count). The summed E-state index contributed by atoms with van der Waals surface area (Å²) < 4.78 is 39.5. The number of aliphatic hydroxyl groups is 1. The highest BCUT2D eigenvalue weighted by Crippen LogP contribution is 2.43. The van der Waals surface area contributed by atoms with E-state index in [1.807, 2.05) is 0 Å². The van der Waals surface area contributed by atoms with Crippen molar-refractivity contribution in [3.8, 4) is 0 Å². The van der Waals surface area contributed by atoms with Gasteiger partial charge < -0.3 is 24.2 Å². The highest BCUT2D eigenvalue weighted by atomic mass is 31.2. The van der Waals surface area contributed by atoms with Crippen LogP contribution < -0.4 is 0 Å². The number of rotatable bonds is 56. The van der Waals surface area contributed by atoms with Crippen LogP contribution in [0.2, 0.25) is 0 Å². The summed E-state index contributed by atoms with van der Waals surface area (Å²) in [4.78, 5) is 48.6. The van der Waals surface area contributed by atoms with E-state index >= 15 is 0 Å². The molecule has 0 saturated carbocycles. The topological polar surface area (TPSA) is 155 Å². The molecule has 0 spiro atoms. The van der Waals surface area contributed by atoms with Crippen LogP contribution in [0.25, 0.3) is 0 Å². The first-order valence-corrected chi connectivity index (χ1v) is 31.4. The number of aliphatic hydroxyl groups excluding tert-OH is 1. The summed E-state index contributed by atoms with van der Waals surface area (Å²) in [7, 11) is -4.75. The fourth-order valence-electron chi connectivity index (χ4n) is 8.44. The minimum atomic E-state index is -4.75. The average Bonchev–Trinajstić information content (AvgIpc) is 3.37. The van der Waals surface area contributed by atoms with Crippen molar-refractivity contribution in [2.45, 2.75) is 303 Å². The largest absolute Gasteiger partial charge is 0.472 e. The van der Waals surface area contributed by atoms with Gasteiger partial charge >= 0.3 is 25.7 Å². The van der Waals surface area contributed by atoms with Gasteiger partial charge in [-0.15, -0.1) is 0 Å². The van der Waals surface area contributed by atoms with Crippen molar-refractivity contribution in [1.82, 2.24) is 0 Å². The zero-order valence-corrected chi connectivity index (χ0v) is 47.6. The van der Waals surface area contributed by atoms with Gasteiger partial charge in [0, 0.05) is 19.3 Å². The van der Waals surface area contributed by atoms with Crippen LogP contribution >= 0.6 is 7.82 Å². The van der Waals surface area contributed by atoms with Crippen LogP contribution in [0.1, 0.15) is 290 Å². The summed E-state index contributed by atoms with van der Waals surface area (Å²) in [5, 5.41) is 9.82. The molecule has 0 aliphatic rings. The van der Waals surface area contributed by atoms with E-state index in [0.29, 0.717) is 19.3 Å². The van der Waals surface area contributed by atoms with Crippen molar-refractivity contribution in [1.29, 1.82) is 0 Å². The Kier molecular flexibility index (Phi) is 53.2. The van der Waals surface area contributed by atoms with Crippen LogP contribution in [0.15, 0.2) is 36.5 Å². The fraction of sp³-hybridized carbons (Fsp3) is 0.850. The highest BCUT2D eigenvalue weighted by Gasteiger charge is 2.28. The van der Waals surface area contributed by atoms with E-state index in [2.05, 4.69) is 57.2 Å². The molecule has 0 aromatic carbocycles. The number of phosphoric ester groups is 1. The standard InChI is InChI=1S/C60H111O11P/c1-4-7-10-13-16-19-22-25-28-31-34-37-40-43-46-49-58(62)67-53-57(71-60(64)51-48-45-42-39-36-33-30-27-24-21-18-15-12-9-6-3)55-69-72(65,66)68-54-56(52-61)70-59(63)50-47-44-41-38-35-32-29-26-23-20-17-14-11-8-5-2/h18,21,25,27-28,30,56-57,61H,4-17,19-20,22-24,26,29,31-55H2,1-3H3,(H,65,66)/b21-18-,28-25-,30-27-. The Bertz CT molecular complexity index is 1350. The summed E-state index contributed by atoms with van der Waals surface area (Å²) in [6.45, 7) is 4.63. The van der Waals surface area contributed by atoms with Gasteiger partial charge in [0.25, 0.3) is 0 Å². The molecule has 422 valence electrons. The van der Waals surface area contributed by atoms with Gasteiger partial charge in [0.2, 0.25) is 0 Å². The lowest BCUT2D eigenvalue weighted by Crippen LogP contribution is -2.30. The second-order valence-corrected chi connectivity index (χ2v) is 21.6. The van der Waals surface area contributed by atoms with Crippen LogP contribution in [-0.4, -0.2) is 66.5 Å². The molecule has 0 aliphatic heterocycles. The Balaban J connectivity index is 4.71. The van der Waals surface area contributed by atoms with Crippen LogP contribution in [0.5, 0.6) is 0 Å². The second kappa shape index (κ2) is 54.9. The first-order chi connectivity index (χ1) is 35.2. The van der Waals surface area contributed by atoms with Crippen molar-refractivity contribution in [3.05, 3.63) is 36.5 Å². The van der Waals surface area contributed by atoms with Gasteiger partial charge in [0.1, 0.15) is 12.7 Å². The van der Waals surface area contributed by atoms with Crippen molar-refractivity contribution in [2.24, 2.45) is 0 Å². The Morgan fingerprint density at radius 3 is 1.07 bits per heavy atom. The summed E-state index contributed by atoms with van der Waals surface area (Å²) in [5.41, 5.74) is 0. The van der Waals surface area contributed by atoms with Crippen molar-refractivity contribution in [2.75, 3.05) is 26.4 Å². The molecule has 0 aromatic rings. The van der Waals surface area contributed by atoms with Gasteiger partial charge in [-0.3, -0.25) is 23.4 Å². The Morgan fingerprint density at radius 2 is 0.681 bits per heavy atom. The van der Waals surface area contributed by atoms with Crippen LogP contribution in [0, 0.1) is 0 Å². The van der Waals surface area contributed by atoms with E-state index in [9.17, 15) is 28.9 Å². The smallest absolute Gasteiger partial charge is 0.462 e. The number of carbonyl (C=O) groups excluding carboxylic acids is 3. The predicted octanol–water partition coefficient (Wildman–Crippen LogP) is 17.6. The number of carbonyl (C=O) groups is 3. The lowest BCUT2D eigenvalue weighted by atomic mass is 10.0. The zero-order valence-electron chi connectivity index (χ0n) is 46.7. The maximum atomic E-state index is 12.9. The monoisotopic (exact) mass is 1040 g/mol. The minimum absolute atomic E-state index is 0.153. The van der Waals surface area contributed by atoms with Gasteiger partial charge in [0.05, 0.1) is 19.8 Å².